The minimum absolute atomic E-state index is 0.102. The standard InChI is InChI=1S/C21H19Cl3N4O2/c1-11(2)25-21(30)26-20(29)18-12(3)19(13-4-6-14(22)7-5-13)28(27-18)17-9-8-15(23)10-16(17)24/h4-11H,1-3H3,(H2,25,26,29,30). The Balaban J connectivity index is 2.13. The number of amides is 3. The third-order valence-corrected chi connectivity index (χ3v) is 5.03. The average molecular weight is 466 g/mol. The van der Waals surface area contributed by atoms with Crippen molar-refractivity contribution in [2.45, 2.75) is 26.8 Å². The summed E-state index contributed by atoms with van der Waals surface area (Å²) in [5.74, 6) is -0.621. The number of benzene rings is 2. The van der Waals surface area contributed by atoms with Crippen LogP contribution in [0, 0.1) is 6.92 Å². The van der Waals surface area contributed by atoms with Crippen molar-refractivity contribution in [1.82, 2.24) is 20.4 Å². The van der Waals surface area contributed by atoms with Crippen LogP contribution >= 0.6 is 34.8 Å². The number of hydrogen-bond acceptors (Lipinski definition) is 3. The van der Waals surface area contributed by atoms with E-state index in [0.29, 0.717) is 32.0 Å². The molecule has 0 unspecified atom stereocenters. The molecule has 3 rings (SSSR count). The van der Waals surface area contributed by atoms with Crippen LogP contribution in [0.1, 0.15) is 29.9 Å². The Morgan fingerprint density at radius 3 is 2.23 bits per heavy atom. The molecule has 1 aromatic heterocycles. The monoisotopic (exact) mass is 464 g/mol. The Labute approximate surface area is 189 Å². The number of nitrogens with one attached hydrogen (secondary N) is 2. The summed E-state index contributed by atoms with van der Waals surface area (Å²) in [6.07, 6.45) is 0. The molecule has 0 aliphatic heterocycles. The number of halogens is 3. The summed E-state index contributed by atoms with van der Waals surface area (Å²) in [4.78, 5) is 24.7. The van der Waals surface area contributed by atoms with Gasteiger partial charge >= 0.3 is 6.03 Å². The number of urea groups is 1. The van der Waals surface area contributed by atoms with Crippen LogP contribution in [0.2, 0.25) is 15.1 Å². The first kappa shape index (κ1) is 22.2. The van der Waals surface area contributed by atoms with Crippen molar-refractivity contribution in [3.8, 4) is 16.9 Å². The molecule has 156 valence electrons. The fraction of sp³-hybridized carbons (Fsp3) is 0.190. The summed E-state index contributed by atoms with van der Waals surface area (Å²) < 4.78 is 1.56. The van der Waals surface area contributed by atoms with Gasteiger partial charge in [0.2, 0.25) is 0 Å². The zero-order valence-corrected chi connectivity index (χ0v) is 18.7. The maximum absolute atomic E-state index is 12.8. The predicted octanol–water partition coefficient (Wildman–Crippen LogP) is 5.66. The van der Waals surface area contributed by atoms with Gasteiger partial charge in [-0.2, -0.15) is 5.10 Å². The normalized spacial score (nSPS) is 10.9. The molecule has 0 atom stereocenters. The van der Waals surface area contributed by atoms with Crippen molar-refractivity contribution in [2.75, 3.05) is 0 Å². The second-order valence-corrected chi connectivity index (χ2v) is 8.20. The van der Waals surface area contributed by atoms with Crippen LogP contribution in [0.5, 0.6) is 0 Å². The summed E-state index contributed by atoms with van der Waals surface area (Å²) >= 11 is 18.5. The van der Waals surface area contributed by atoms with E-state index in [4.69, 9.17) is 34.8 Å². The van der Waals surface area contributed by atoms with Gasteiger partial charge in [-0.1, -0.05) is 46.9 Å². The number of aromatic nitrogens is 2. The van der Waals surface area contributed by atoms with Crippen molar-refractivity contribution in [1.29, 1.82) is 0 Å². The molecule has 0 fully saturated rings. The number of nitrogens with zero attached hydrogens (tertiary/aromatic N) is 2. The van der Waals surface area contributed by atoms with Crippen molar-refractivity contribution < 1.29 is 9.59 Å². The fourth-order valence-corrected chi connectivity index (χ4v) is 3.56. The van der Waals surface area contributed by atoms with Gasteiger partial charge in [-0.25, -0.2) is 9.48 Å². The van der Waals surface area contributed by atoms with Crippen molar-refractivity contribution in [3.05, 3.63) is 68.8 Å². The minimum Gasteiger partial charge on any atom is -0.336 e. The van der Waals surface area contributed by atoms with Gasteiger partial charge in [-0.05, 0) is 51.1 Å². The number of rotatable bonds is 4. The van der Waals surface area contributed by atoms with E-state index >= 15 is 0 Å². The van der Waals surface area contributed by atoms with Crippen LogP contribution in [0.15, 0.2) is 42.5 Å². The molecule has 30 heavy (non-hydrogen) atoms. The summed E-state index contributed by atoms with van der Waals surface area (Å²) in [5.41, 5.74) is 2.65. The van der Waals surface area contributed by atoms with Crippen LogP contribution in [-0.2, 0) is 0 Å². The second kappa shape index (κ2) is 9.08. The third-order valence-electron chi connectivity index (χ3n) is 4.24. The van der Waals surface area contributed by atoms with Gasteiger partial charge in [-0.15, -0.1) is 0 Å². The van der Waals surface area contributed by atoms with Crippen LogP contribution in [0.3, 0.4) is 0 Å². The summed E-state index contributed by atoms with van der Waals surface area (Å²) in [6.45, 7) is 5.35. The summed E-state index contributed by atoms with van der Waals surface area (Å²) in [6, 6.07) is 11.4. The molecule has 0 saturated carbocycles. The molecule has 3 aromatic rings. The van der Waals surface area contributed by atoms with E-state index in [9.17, 15) is 9.59 Å². The molecule has 9 heteroatoms. The zero-order chi connectivity index (χ0) is 22.0. The lowest BCUT2D eigenvalue weighted by Crippen LogP contribution is -2.42. The smallest absolute Gasteiger partial charge is 0.321 e. The van der Waals surface area contributed by atoms with Crippen LogP contribution in [0.4, 0.5) is 4.79 Å². The van der Waals surface area contributed by atoms with E-state index in [2.05, 4.69) is 15.7 Å². The molecule has 0 bridgehead atoms. The molecule has 0 radical (unpaired) electrons. The fourth-order valence-electron chi connectivity index (χ4n) is 2.95. The molecule has 2 N–H and O–H groups in total. The molecule has 0 aliphatic rings. The summed E-state index contributed by atoms with van der Waals surface area (Å²) in [7, 11) is 0. The Morgan fingerprint density at radius 2 is 1.63 bits per heavy atom. The first-order valence-corrected chi connectivity index (χ1v) is 10.2. The molecular weight excluding hydrogens is 447 g/mol. The number of imide groups is 1. The van der Waals surface area contributed by atoms with E-state index < -0.39 is 11.9 Å². The Morgan fingerprint density at radius 1 is 1.00 bits per heavy atom. The van der Waals surface area contributed by atoms with Crippen LogP contribution in [-0.4, -0.2) is 27.8 Å². The molecule has 6 nitrogen and oxygen atoms in total. The lowest BCUT2D eigenvalue weighted by atomic mass is 10.1. The maximum atomic E-state index is 12.8. The van der Waals surface area contributed by atoms with E-state index in [1.54, 1.807) is 55.8 Å². The van der Waals surface area contributed by atoms with E-state index in [0.717, 1.165) is 5.56 Å². The maximum Gasteiger partial charge on any atom is 0.321 e. The van der Waals surface area contributed by atoms with Crippen LogP contribution < -0.4 is 10.6 Å². The van der Waals surface area contributed by atoms with Gasteiger partial charge in [0.1, 0.15) is 0 Å². The Kier molecular flexibility index (Phi) is 6.71. The molecule has 0 saturated heterocycles. The minimum atomic E-state index is -0.621. The lowest BCUT2D eigenvalue weighted by molar-refractivity contribution is 0.0957. The van der Waals surface area contributed by atoms with Crippen molar-refractivity contribution in [3.63, 3.8) is 0 Å². The Bertz CT molecular complexity index is 1110. The molecule has 2 aromatic carbocycles. The van der Waals surface area contributed by atoms with Crippen LogP contribution in [0.25, 0.3) is 16.9 Å². The second-order valence-electron chi connectivity index (χ2n) is 6.92. The third kappa shape index (κ3) is 4.78. The first-order chi connectivity index (χ1) is 14.2. The molecule has 1 heterocycles. The molecule has 0 spiro atoms. The molecule has 3 amide bonds. The molecule has 0 aliphatic carbocycles. The van der Waals surface area contributed by atoms with Gasteiger partial charge in [0, 0.05) is 27.2 Å². The highest BCUT2D eigenvalue weighted by molar-refractivity contribution is 6.35. The summed E-state index contributed by atoms with van der Waals surface area (Å²) in [5, 5.41) is 10.8. The van der Waals surface area contributed by atoms with E-state index in [-0.39, 0.29) is 11.7 Å². The first-order valence-electron chi connectivity index (χ1n) is 9.10. The van der Waals surface area contributed by atoms with Gasteiger partial charge in [0.05, 0.1) is 16.4 Å². The van der Waals surface area contributed by atoms with Gasteiger partial charge in [0.25, 0.3) is 5.91 Å². The Hall–Kier alpha value is -2.54. The SMILES string of the molecule is Cc1c(C(=O)NC(=O)NC(C)C)nn(-c2ccc(Cl)cc2Cl)c1-c1ccc(Cl)cc1. The number of carbonyl (C=O) groups is 2. The highest BCUT2D eigenvalue weighted by Gasteiger charge is 2.24. The molecular formula is C21H19Cl3N4O2. The zero-order valence-electron chi connectivity index (χ0n) is 16.5. The average Bonchev–Trinajstić information content (AvgIpc) is 2.99. The largest absolute Gasteiger partial charge is 0.336 e. The van der Waals surface area contributed by atoms with Gasteiger partial charge in [0.15, 0.2) is 5.69 Å². The highest BCUT2D eigenvalue weighted by Crippen LogP contribution is 2.33. The van der Waals surface area contributed by atoms with Crippen molar-refractivity contribution >= 4 is 46.7 Å². The highest BCUT2D eigenvalue weighted by atomic mass is 35.5. The van der Waals surface area contributed by atoms with E-state index in [1.165, 1.54) is 0 Å². The topological polar surface area (TPSA) is 76.0 Å². The number of carbonyl (C=O) groups excluding carboxylic acids is 2. The quantitative estimate of drug-likeness (QED) is 0.522. The van der Waals surface area contributed by atoms with Crippen molar-refractivity contribution in [2.24, 2.45) is 0 Å². The van der Waals surface area contributed by atoms with Gasteiger partial charge < -0.3 is 5.32 Å². The predicted molar refractivity (Wildman–Crippen MR) is 120 cm³/mol. The van der Waals surface area contributed by atoms with E-state index in [1.807, 2.05) is 12.1 Å². The lowest BCUT2D eigenvalue weighted by Gasteiger charge is -2.11. The number of hydrogen-bond donors (Lipinski definition) is 2. The van der Waals surface area contributed by atoms with Gasteiger partial charge in [-0.3, -0.25) is 10.1 Å².